The lowest BCUT2D eigenvalue weighted by Gasteiger charge is -2.14. The van der Waals surface area contributed by atoms with E-state index in [1.807, 2.05) is 0 Å². The van der Waals surface area contributed by atoms with Gasteiger partial charge in [0.15, 0.2) is 11.5 Å². The largest absolute Gasteiger partial charge is 0.493 e. The summed E-state index contributed by atoms with van der Waals surface area (Å²) in [6.45, 7) is 4.18. The van der Waals surface area contributed by atoms with E-state index in [0.29, 0.717) is 29.5 Å². The van der Waals surface area contributed by atoms with Crippen LogP contribution in [-0.4, -0.2) is 42.3 Å². The van der Waals surface area contributed by atoms with Crippen LogP contribution in [0.3, 0.4) is 0 Å². The van der Waals surface area contributed by atoms with E-state index < -0.39 is 10.0 Å². The molecule has 8 heteroatoms. The molecule has 0 radical (unpaired) electrons. The molecule has 0 aliphatic carbocycles. The van der Waals surface area contributed by atoms with E-state index in [1.165, 1.54) is 20.3 Å². The van der Waals surface area contributed by atoms with Gasteiger partial charge in [-0.2, -0.15) is 0 Å². The lowest BCUT2D eigenvalue weighted by Crippen LogP contribution is -2.27. The molecule has 2 rings (SSSR count). The zero-order valence-electron chi connectivity index (χ0n) is 13.7. The second kappa shape index (κ2) is 8.73. The van der Waals surface area contributed by atoms with Gasteiger partial charge in [0, 0.05) is 12.6 Å². The Morgan fingerprint density at radius 3 is 2.48 bits per heavy atom. The summed E-state index contributed by atoms with van der Waals surface area (Å²) in [4.78, 5) is 0.231. The van der Waals surface area contributed by atoms with Crippen LogP contribution in [0.1, 0.15) is 18.4 Å². The van der Waals surface area contributed by atoms with E-state index in [-0.39, 0.29) is 17.3 Å². The molecule has 0 saturated carbocycles. The van der Waals surface area contributed by atoms with Gasteiger partial charge in [-0.05, 0) is 50.4 Å². The van der Waals surface area contributed by atoms with Crippen LogP contribution in [0.4, 0.5) is 0 Å². The summed E-state index contributed by atoms with van der Waals surface area (Å²) in [6, 6.07) is 3.18. The molecule has 0 bridgehead atoms. The molecular weight excluding hydrogens is 340 g/mol. The zero-order chi connectivity index (χ0) is 16.2. The van der Waals surface area contributed by atoms with Gasteiger partial charge < -0.3 is 14.8 Å². The van der Waals surface area contributed by atoms with E-state index in [1.54, 1.807) is 13.0 Å². The average Bonchev–Trinajstić information content (AvgIpc) is 2.99. The maximum absolute atomic E-state index is 12.5. The third kappa shape index (κ3) is 4.97. The molecule has 23 heavy (non-hydrogen) atoms. The van der Waals surface area contributed by atoms with Crippen molar-refractivity contribution in [1.82, 2.24) is 10.0 Å². The second-order valence-corrected chi connectivity index (χ2v) is 7.25. The number of ether oxygens (including phenoxy) is 2. The summed E-state index contributed by atoms with van der Waals surface area (Å²) in [5.41, 5.74) is 0.632. The van der Waals surface area contributed by atoms with Gasteiger partial charge >= 0.3 is 0 Å². The van der Waals surface area contributed by atoms with Gasteiger partial charge in [0.05, 0.1) is 19.1 Å². The van der Waals surface area contributed by atoms with Gasteiger partial charge in [0.25, 0.3) is 0 Å². The topological polar surface area (TPSA) is 76.7 Å². The van der Waals surface area contributed by atoms with Crippen LogP contribution in [-0.2, 0) is 10.0 Å². The molecule has 6 nitrogen and oxygen atoms in total. The average molecular weight is 365 g/mol. The van der Waals surface area contributed by atoms with Gasteiger partial charge in [0.2, 0.25) is 10.0 Å². The normalized spacial score (nSPS) is 17.6. The lowest BCUT2D eigenvalue weighted by molar-refractivity contribution is 0.353. The van der Waals surface area contributed by atoms with E-state index in [0.717, 1.165) is 25.9 Å². The lowest BCUT2D eigenvalue weighted by atomic mass is 10.1. The number of rotatable bonds is 7. The first-order valence-corrected chi connectivity index (χ1v) is 8.89. The van der Waals surface area contributed by atoms with Crippen molar-refractivity contribution in [3.05, 3.63) is 17.7 Å². The highest BCUT2D eigenvalue weighted by Crippen LogP contribution is 2.32. The number of hydrogen-bond donors (Lipinski definition) is 2. The number of methoxy groups -OCH3 is 2. The Hall–Kier alpha value is -1.02. The van der Waals surface area contributed by atoms with E-state index in [9.17, 15) is 8.42 Å². The van der Waals surface area contributed by atoms with E-state index in [4.69, 9.17) is 9.47 Å². The Morgan fingerprint density at radius 1 is 1.26 bits per heavy atom. The molecule has 1 heterocycles. The van der Waals surface area contributed by atoms with Crippen molar-refractivity contribution >= 4 is 22.4 Å². The zero-order valence-corrected chi connectivity index (χ0v) is 15.4. The second-order valence-electron chi connectivity index (χ2n) is 5.52. The van der Waals surface area contributed by atoms with Crippen LogP contribution >= 0.6 is 12.4 Å². The Labute approximate surface area is 144 Å². The molecule has 132 valence electrons. The quantitative estimate of drug-likeness (QED) is 0.770. The Balaban J connectivity index is 0.00000264. The van der Waals surface area contributed by atoms with Gasteiger partial charge in [-0.1, -0.05) is 0 Å². The summed E-state index contributed by atoms with van der Waals surface area (Å²) >= 11 is 0. The van der Waals surface area contributed by atoms with Crippen LogP contribution in [0.15, 0.2) is 17.0 Å². The van der Waals surface area contributed by atoms with Crippen LogP contribution in [0.5, 0.6) is 11.5 Å². The summed E-state index contributed by atoms with van der Waals surface area (Å²) in [7, 11) is -0.529. The minimum Gasteiger partial charge on any atom is -0.493 e. The van der Waals surface area contributed by atoms with Crippen molar-refractivity contribution < 1.29 is 17.9 Å². The van der Waals surface area contributed by atoms with Crippen LogP contribution < -0.4 is 19.5 Å². The summed E-state index contributed by atoms with van der Waals surface area (Å²) < 4.78 is 38.0. The molecule has 1 atom stereocenters. The molecule has 0 spiro atoms. The highest BCUT2D eigenvalue weighted by molar-refractivity contribution is 7.89. The van der Waals surface area contributed by atoms with Gasteiger partial charge in [-0.25, -0.2) is 13.1 Å². The van der Waals surface area contributed by atoms with Crippen molar-refractivity contribution in [2.24, 2.45) is 5.92 Å². The first kappa shape index (κ1) is 20.0. The minimum atomic E-state index is -3.55. The summed E-state index contributed by atoms with van der Waals surface area (Å²) in [5.74, 6) is 1.48. The Kier molecular flexibility index (Phi) is 7.60. The van der Waals surface area contributed by atoms with Crippen molar-refractivity contribution in [2.75, 3.05) is 33.9 Å². The van der Waals surface area contributed by atoms with E-state index >= 15 is 0 Å². The van der Waals surface area contributed by atoms with Gasteiger partial charge in [-0.3, -0.25) is 0 Å². The Morgan fingerprint density at radius 2 is 1.91 bits per heavy atom. The molecule has 0 amide bonds. The number of hydrogen-bond acceptors (Lipinski definition) is 5. The smallest absolute Gasteiger partial charge is 0.240 e. The molecular formula is C15H25ClN2O4S. The van der Waals surface area contributed by atoms with E-state index in [2.05, 4.69) is 10.0 Å². The number of benzene rings is 1. The summed E-state index contributed by atoms with van der Waals surface area (Å²) in [5, 5.41) is 3.28. The summed E-state index contributed by atoms with van der Waals surface area (Å²) in [6.07, 6.45) is 1.95. The molecule has 1 unspecified atom stereocenters. The first-order chi connectivity index (χ1) is 10.5. The monoisotopic (exact) mass is 364 g/mol. The van der Waals surface area contributed by atoms with Crippen molar-refractivity contribution in [3.63, 3.8) is 0 Å². The molecule has 1 aliphatic rings. The molecule has 1 saturated heterocycles. The number of halogens is 1. The highest BCUT2D eigenvalue weighted by Gasteiger charge is 2.21. The molecule has 1 fully saturated rings. The molecule has 1 aliphatic heterocycles. The van der Waals surface area contributed by atoms with Crippen molar-refractivity contribution in [1.29, 1.82) is 0 Å². The van der Waals surface area contributed by atoms with Crippen LogP contribution in [0.2, 0.25) is 0 Å². The fraction of sp³-hybridized carbons (Fsp3) is 0.600. The fourth-order valence-electron chi connectivity index (χ4n) is 2.69. The number of aryl methyl sites for hydroxylation is 1. The van der Waals surface area contributed by atoms with Crippen LogP contribution in [0, 0.1) is 12.8 Å². The molecule has 1 aromatic rings. The minimum absolute atomic E-state index is 0. The third-order valence-corrected chi connectivity index (χ3v) is 5.58. The molecule has 0 aromatic heterocycles. The fourth-order valence-corrected chi connectivity index (χ4v) is 3.97. The van der Waals surface area contributed by atoms with Gasteiger partial charge in [-0.15, -0.1) is 12.4 Å². The molecule has 2 N–H and O–H groups in total. The van der Waals surface area contributed by atoms with Crippen LogP contribution in [0.25, 0.3) is 0 Å². The van der Waals surface area contributed by atoms with Crippen molar-refractivity contribution in [2.45, 2.75) is 24.7 Å². The third-order valence-electron chi connectivity index (χ3n) is 3.98. The SMILES string of the molecule is COc1cc(C)c(S(=O)(=O)NCCC2CCNC2)cc1OC.Cl. The Bertz CT molecular complexity index is 616. The van der Waals surface area contributed by atoms with Crippen molar-refractivity contribution in [3.8, 4) is 11.5 Å². The molecule has 1 aromatic carbocycles. The predicted octanol–water partition coefficient (Wildman–Crippen LogP) is 1.71. The number of sulfonamides is 1. The van der Waals surface area contributed by atoms with Gasteiger partial charge in [0.1, 0.15) is 0 Å². The highest BCUT2D eigenvalue weighted by atomic mass is 35.5. The maximum Gasteiger partial charge on any atom is 0.240 e. The number of nitrogens with one attached hydrogen (secondary N) is 2. The predicted molar refractivity (Wildman–Crippen MR) is 92.3 cm³/mol. The maximum atomic E-state index is 12.5. The standard InChI is InChI=1S/C15H24N2O4S.ClH/c1-11-8-13(20-2)14(21-3)9-15(11)22(18,19)17-7-5-12-4-6-16-10-12;/h8-9,12,16-17H,4-7,10H2,1-3H3;1H. The first-order valence-electron chi connectivity index (χ1n) is 7.41.